The number of aliphatic hydroxyl groups is 5. The lowest BCUT2D eigenvalue weighted by atomic mass is 9.44. The molecular weight excluding hydrogens is 678 g/mol. The van der Waals surface area contributed by atoms with Crippen LogP contribution in [0.15, 0.2) is 41.5 Å². The molecule has 1 heterocycles. The van der Waals surface area contributed by atoms with Gasteiger partial charge in [0.1, 0.15) is 35.1 Å². The maximum absolute atomic E-state index is 14.6. The van der Waals surface area contributed by atoms with E-state index in [4.69, 9.17) is 18.9 Å². The van der Waals surface area contributed by atoms with E-state index in [1.807, 2.05) is 0 Å². The first-order valence-electron chi connectivity index (χ1n) is 17.7. The molecule has 1 aromatic carbocycles. The monoisotopic (exact) mass is 731 g/mol. The molecule has 3 fully saturated rings. The molecule has 2 saturated carbocycles. The molecule has 14 nitrogen and oxygen atoms in total. The van der Waals surface area contributed by atoms with E-state index >= 15 is 0 Å². The van der Waals surface area contributed by atoms with Gasteiger partial charge in [0.25, 0.3) is 0 Å². The maximum Gasteiger partial charge on any atom is 0.407 e. The lowest BCUT2D eigenvalue weighted by Gasteiger charge is -2.66. The van der Waals surface area contributed by atoms with Crippen molar-refractivity contribution in [1.29, 1.82) is 0 Å². The Morgan fingerprint density at radius 1 is 1.02 bits per heavy atom. The molecule has 5 rings (SSSR count). The van der Waals surface area contributed by atoms with Crippen LogP contribution in [0.25, 0.3) is 0 Å². The summed E-state index contributed by atoms with van der Waals surface area (Å²) in [6.45, 7) is 14.0. The number of carbonyl (C=O) groups is 4. The van der Waals surface area contributed by atoms with Gasteiger partial charge in [-0.3, -0.25) is 4.79 Å². The van der Waals surface area contributed by atoms with E-state index in [0.717, 1.165) is 0 Å². The topological polar surface area (TPSA) is 218 Å². The quantitative estimate of drug-likeness (QED) is 0.134. The van der Waals surface area contributed by atoms with Gasteiger partial charge in [-0.15, -0.1) is 0 Å². The largest absolute Gasteiger partial charge is 0.456 e. The van der Waals surface area contributed by atoms with Gasteiger partial charge in [0.05, 0.1) is 35.8 Å². The Hall–Kier alpha value is -3.40. The molecule has 14 heteroatoms. The molecule has 3 aliphatic carbocycles. The highest BCUT2D eigenvalue weighted by molar-refractivity contribution is 5.94. The fourth-order valence-electron chi connectivity index (χ4n) is 8.79. The number of ether oxygens (including phenoxy) is 4. The van der Waals surface area contributed by atoms with Gasteiger partial charge in [-0.05, 0) is 63.8 Å². The van der Waals surface area contributed by atoms with Crippen LogP contribution in [0, 0.1) is 22.7 Å². The van der Waals surface area contributed by atoms with Gasteiger partial charge in [-0.1, -0.05) is 45.9 Å². The zero-order valence-electron chi connectivity index (χ0n) is 31.2. The second-order valence-electron chi connectivity index (χ2n) is 16.9. The molecule has 4 aliphatic rings. The predicted molar refractivity (Wildman–Crippen MR) is 184 cm³/mol. The molecule has 0 spiro atoms. The molecule has 0 radical (unpaired) electrons. The highest BCUT2D eigenvalue weighted by atomic mass is 16.6. The summed E-state index contributed by atoms with van der Waals surface area (Å²) in [5, 5.41) is 62.6. The summed E-state index contributed by atoms with van der Waals surface area (Å²) in [5.74, 6) is -4.95. The molecule has 1 aliphatic heterocycles. The van der Waals surface area contributed by atoms with Gasteiger partial charge in [-0.25, -0.2) is 14.4 Å². The number of nitrogens with one attached hydrogen (secondary N) is 1. The van der Waals surface area contributed by atoms with Gasteiger partial charge < -0.3 is 49.8 Å². The molecule has 0 aromatic heterocycles. The Balaban J connectivity index is 1.62. The van der Waals surface area contributed by atoms with Crippen molar-refractivity contribution in [2.45, 2.75) is 135 Å². The summed E-state index contributed by atoms with van der Waals surface area (Å²) in [5.41, 5.74) is -8.28. The molecular formula is C38H53NO13. The van der Waals surface area contributed by atoms with E-state index < -0.39 is 112 Å². The minimum absolute atomic E-state index is 0.0302. The number of amides is 1. The van der Waals surface area contributed by atoms with Crippen LogP contribution in [0.2, 0.25) is 0 Å². The van der Waals surface area contributed by atoms with Crippen molar-refractivity contribution in [2.75, 3.05) is 6.61 Å². The van der Waals surface area contributed by atoms with E-state index in [0.29, 0.717) is 0 Å². The molecule has 2 bridgehead atoms. The zero-order chi connectivity index (χ0) is 38.9. The van der Waals surface area contributed by atoms with Crippen LogP contribution >= 0.6 is 0 Å². The number of hydrogen-bond acceptors (Lipinski definition) is 13. The lowest BCUT2D eigenvalue weighted by Crippen LogP contribution is -2.81. The standard InChI is InChI=1S/C38H53NO13/c1-18(2)25(39-33(46)52-34(4,5)6)27(42)32(45)50-21-16-38(48)30(51-31(44)20-13-11-10-12-14-20)28-36(9,22(40)15-23-37(28,47)17-49-23)29(43)26(41)24(19(21)3)35(38,7)8/h10-14,18,21-23,25-28,30,40-42,47-48H,15-17H2,1-9H3,(H,39,46)/t21?,22-,23+,25-,26+,27+,28-,30-,36+,37-,38+/m0/s1. The molecule has 1 aromatic rings. The Labute approximate surface area is 303 Å². The smallest absolute Gasteiger partial charge is 0.407 e. The number of hydrogen-bond donors (Lipinski definition) is 6. The highest BCUT2D eigenvalue weighted by Gasteiger charge is 2.76. The van der Waals surface area contributed by atoms with E-state index in [2.05, 4.69) is 5.32 Å². The van der Waals surface area contributed by atoms with E-state index in [1.165, 1.54) is 26.0 Å². The number of ketones is 1. The second kappa shape index (κ2) is 13.5. The summed E-state index contributed by atoms with van der Waals surface area (Å²) in [6.07, 6.45) is -11.0. The average Bonchev–Trinajstić information content (AvgIpc) is 3.04. The van der Waals surface area contributed by atoms with Crippen LogP contribution in [-0.2, 0) is 28.5 Å². The maximum atomic E-state index is 14.6. The number of fused-ring (bicyclic) bond motifs is 5. The molecule has 52 heavy (non-hydrogen) atoms. The van der Waals surface area contributed by atoms with Gasteiger partial charge in [0.2, 0.25) is 0 Å². The molecule has 1 amide bonds. The van der Waals surface area contributed by atoms with Gasteiger partial charge in [0, 0.05) is 24.2 Å². The van der Waals surface area contributed by atoms with Crippen LogP contribution in [0.3, 0.4) is 0 Å². The minimum atomic E-state index is -2.28. The van der Waals surface area contributed by atoms with Gasteiger partial charge in [-0.2, -0.15) is 0 Å². The highest BCUT2D eigenvalue weighted by Crippen LogP contribution is 2.63. The van der Waals surface area contributed by atoms with Crippen LogP contribution < -0.4 is 5.32 Å². The molecule has 11 atom stereocenters. The van der Waals surface area contributed by atoms with E-state index in [9.17, 15) is 44.7 Å². The molecule has 1 unspecified atom stereocenters. The number of rotatable bonds is 7. The Morgan fingerprint density at radius 2 is 1.63 bits per heavy atom. The molecule has 6 N–H and O–H groups in total. The fourth-order valence-corrected chi connectivity index (χ4v) is 8.79. The summed E-state index contributed by atoms with van der Waals surface area (Å²) >= 11 is 0. The van der Waals surface area contributed by atoms with Crippen LogP contribution in [0.5, 0.6) is 0 Å². The van der Waals surface area contributed by atoms with Crippen molar-refractivity contribution in [3.8, 4) is 0 Å². The number of alkyl carbamates (subject to hydrolysis) is 1. The average molecular weight is 732 g/mol. The predicted octanol–water partition coefficient (Wildman–Crippen LogP) is 1.97. The van der Waals surface area contributed by atoms with Gasteiger partial charge in [0.15, 0.2) is 11.9 Å². The minimum Gasteiger partial charge on any atom is -0.456 e. The summed E-state index contributed by atoms with van der Waals surface area (Å²) in [7, 11) is 0. The van der Waals surface area contributed by atoms with Crippen molar-refractivity contribution in [2.24, 2.45) is 22.7 Å². The summed E-state index contributed by atoms with van der Waals surface area (Å²) < 4.78 is 23.0. The van der Waals surface area contributed by atoms with Crippen LogP contribution in [0.1, 0.15) is 85.5 Å². The SMILES string of the molecule is CC1=C2[C@@H](O)C(=O)[C@@]3(C)[C@H]([C@H](OC(=O)c4ccccc4)[C@](O)(CC1OC(=O)[C@H](O)[C@@H](NC(=O)OC(C)(C)C)C(C)C)C2(C)C)[C@]1(O)CO[C@@H]1C[C@@H]3O. The third-order valence-electron chi connectivity index (χ3n) is 11.9. The fraction of sp³-hybridized carbons (Fsp3) is 0.684. The number of benzene rings is 1. The molecule has 288 valence electrons. The van der Waals surface area contributed by atoms with Crippen molar-refractivity contribution in [1.82, 2.24) is 5.32 Å². The third kappa shape index (κ3) is 6.34. The number of aliphatic hydroxyl groups excluding tert-OH is 3. The van der Waals surface area contributed by atoms with Crippen molar-refractivity contribution >= 4 is 23.8 Å². The first-order chi connectivity index (χ1) is 23.9. The van der Waals surface area contributed by atoms with Gasteiger partial charge >= 0.3 is 18.0 Å². The van der Waals surface area contributed by atoms with Crippen LogP contribution in [-0.4, -0.2) is 115 Å². The normalized spacial score (nSPS) is 36.6. The van der Waals surface area contributed by atoms with Crippen LogP contribution in [0.4, 0.5) is 4.79 Å². The number of carbonyl (C=O) groups excluding carboxylic acids is 4. The van der Waals surface area contributed by atoms with Crippen molar-refractivity contribution in [3.63, 3.8) is 0 Å². The summed E-state index contributed by atoms with van der Waals surface area (Å²) in [6, 6.07) is 6.74. The zero-order valence-corrected chi connectivity index (χ0v) is 31.2. The van der Waals surface area contributed by atoms with E-state index in [1.54, 1.807) is 66.7 Å². The Bertz CT molecular complexity index is 1620. The summed E-state index contributed by atoms with van der Waals surface area (Å²) in [4.78, 5) is 54.8. The third-order valence-corrected chi connectivity index (χ3v) is 11.9. The van der Waals surface area contributed by atoms with Crippen molar-refractivity contribution < 1.29 is 63.7 Å². The first-order valence-corrected chi connectivity index (χ1v) is 17.7. The molecule has 1 saturated heterocycles. The van der Waals surface area contributed by atoms with Crippen molar-refractivity contribution in [3.05, 3.63) is 47.0 Å². The Kier molecular flexibility index (Phi) is 10.3. The second-order valence-corrected chi connectivity index (χ2v) is 16.9. The Morgan fingerprint density at radius 3 is 2.17 bits per heavy atom. The number of esters is 2. The number of Topliss-reactive ketones (excluding diaryl/α,β-unsaturated/α-hetero) is 1. The first kappa shape index (κ1) is 39.8. The van der Waals surface area contributed by atoms with E-state index in [-0.39, 0.29) is 29.7 Å². The lowest BCUT2D eigenvalue weighted by molar-refractivity contribution is -0.343.